The van der Waals surface area contributed by atoms with Gasteiger partial charge in [0.1, 0.15) is 12.3 Å². The third-order valence-corrected chi connectivity index (χ3v) is 3.23. The highest BCUT2D eigenvalue weighted by molar-refractivity contribution is 6.99. The van der Waals surface area contributed by atoms with Crippen LogP contribution in [0, 0.1) is 5.92 Å². The van der Waals surface area contributed by atoms with Crippen molar-refractivity contribution in [1.82, 2.24) is 8.75 Å². The summed E-state index contributed by atoms with van der Waals surface area (Å²) in [5, 5.41) is 9.67. The van der Waals surface area contributed by atoms with Crippen LogP contribution in [0.25, 0.3) is 0 Å². The maximum Gasteiger partial charge on any atom is 0.245 e. The molecule has 0 aromatic carbocycles. The molecular weight excluding hydrogens is 200 g/mol. The predicted octanol–water partition coefficient (Wildman–Crippen LogP) is 1.47. The summed E-state index contributed by atoms with van der Waals surface area (Å²) in [6.45, 7) is 2.10. The molecule has 1 aliphatic carbocycles. The van der Waals surface area contributed by atoms with Crippen LogP contribution >= 0.6 is 11.7 Å². The van der Waals surface area contributed by atoms with Gasteiger partial charge in [-0.2, -0.15) is 4.37 Å². The molecule has 0 saturated heterocycles. The molecule has 1 aromatic heterocycles. The summed E-state index contributed by atoms with van der Waals surface area (Å²) >= 11 is 1.14. The molecule has 4 nitrogen and oxygen atoms in total. The summed E-state index contributed by atoms with van der Waals surface area (Å²) in [6, 6.07) is 0. The lowest BCUT2D eigenvalue weighted by molar-refractivity contribution is 0.122. The molecule has 1 N–H and O–H groups in total. The zero-order chi connectivity index (χ0) is 9.97. The monoisotopic (exact) mass is 214 g/mol. The Kier molecular flexibility index (Phi) is 2.98. The smallest absolute Gasteiger partial charge is 0.245 e. The van der Waals surface area contributed by atoms with Gasteiger partial charge in [-0.3, -0.25) is 0 Å². The fraction of sp³-hybridized carbons (Fsp3) is 0.778. The Bertz CT molecular complexity index is 278. The van der Waals surface area contributed by atoms with Gasteiger partial charge in [0.05, 0.1) is 17.8 Å². The number of ether oxygens (including phenoxy) is 1. The van der Waals surface area contributed by atoms with E-state index in [0.717, 1.165) is 31.0 Å². The van der Waals surface area contributed by atoms with Crippen LogP contribution < -0.4 is 4.74 Å². The third-order valence-electron chi connectivity index (χ3n) is 2.77. The van der Waals surface area contributed by atoms with Crippen molar-refractivity contribution in [2.24, 2.45) is 5.92 Å². The fourth-order valence-corrected chi connectivity index (χ4v) is 2.32. The molecule has 14 heavy (non-hydrogen) atoms. The van der Waals surface area contributed by atoms with Crippen LogP contribution in [-0.2, 0) is 0 Å². The maximum absolute atomic E-state index is 9.67. The van der Waals surface area contributed by atoms with Crippen LogP contribution in [0.4, 0.5) is 0 Å². The van der Waals surface area contributed by atoms with Crippen molar-refractivity contribution in [2.45, 2.75) is 38.4 Å². The molecule has 78 valence electrons. The van der Waals surface area contributed by atoms with E-state index in [9.17, 15) is 5.11 Å². The number of aromatic nitrogens is 2. The molecule has 0 spiro atoms. The molecule has 1 aromatic rings. The van der Waals surface area contributed by atoms with Crippen molar-refractivity contribution in [1.29, 1.82) is 0 Å². The maximum atomic E-state index is 9.67. The highest BCUT2D eigenvalue weighted by Gasteiger charge is 2.33. The van der Waals surface area contributed by atoms with Crippen molar-refractivity contribution >= 4 is 11.7 Å². The molecule has 1 saturated carbocycles. The number of hydrogen-bond acceptors (Lipinski definition) is 5. The second-order valence-electron chi connectivity index (χ2n) is 3.69. The highest BCUT2D eigenvalue weighted by atomic mass is 32.1. The minimum Gasteiger partial charge on any atom is -0.473 e. The van der Waals surface area contributed by atoms with Crippen LogP contribution in [0.15, 0.2) is 6.20 Å². The van der Waals surface area contributed by atoms with E-state index in [1.165, 1.54) is 0 Å². The summed E-state index contributed by atoms with van der Waals surface area (Å²) in [6.07, 6.45) is 4.17. The molecule has 3 atom stereocenters. The van der Waals surface area contributed by atoms with Gasteiger partial charge >= 0.3 is 0 Å². The first-order chi connectivity index (χ1) is 6.79. The Balaban J connectivity index is 1.89. The summed E-state index contributed by atoms with van der Waals surface area (Å²) in [4.78, 5) is 0. The van der Waals surface area contributed by atoms with E-state index in [2.05, 4.69) is 15.7 Å². The van der Waals surface area contributed by atoms with E-state index in [-0.39, 0.29) is 12.2 Å². The Morgan fingerprint density at radius 3 is 3.07 bits per heavy atom. The summed E-state index contributed by atoms with van der Waals surface area (Å²) in [5.74, 6) is 0.968. The molecule has 0 aliphatic heterocycles. The number of aliphatic hydroxyl groups is 1. The predicted molar refractivity (Wildman–Crippen MR) is 53.3 cm³/mol. The van der Waals surface area contributed by atoms with Gasteiger partial charge in [0.25, 0.3) is 0 Å². The van der Waals surface area contributed by atoms with E-state index in [0.29, 0.717) is 11.8 Å². The van der Waals surface area contributed by atoms with Gasteiger partial charge in [-0.1, -0.05) is 13.3 Å². The average molecular weight is 214 g/mol. The Hall–Kier alpha value is -0.680. The number of aliphatic hydroxyl groups excluding tert-OH is 1. The van der Waals surface area contributed by atoms with Crippen LogP contribution in [0.5, 0.6) is 5.88 Å². The van der Waals surface area contributed by atoms with Crippen LogP contribution in [0.3, 0.4) is 0 Å². The van der Waals surface area contributed by atoms with Crippen molar-refractivity contribution in [3.8, 4) is 5.88 Å². The topological polar surface area (TPSA) is 55.2 Å². The minimum atomic E-state index is -0.211. The van der Waals surface area contributed by atoms with Crippen LogP contribution in [-0.4, -0.2) is 26.1 Å². The van der Waals surface area contributed by atoms with Crippen molar-refractivity contribution in [2.75, 3.05) is 0 Å². The van der Waals surface area contributed by atoms with E-state index >= 15 is 0 Å². The van der Waals surface area contributed by atoms with Crippen molar-refractivity contribution in [3.05, 3.63) is 6.20 Å². The molecular formula is C9H14N2O2S. The zero-order valence-corrected chi connectivity index (χ0v) is 8.91. The first-order valence-corrected chi connectivity index (χ1v) is 5.65. The number of rotatable bonds is 3. The van der Waals surface area contributed by atoms with Gasteiger partial charge < -0.3 is 9.84 Å². The normalized spacial score (nSPS) is 32.0. The van der Waals surface area contributed by atoms with Gasteiger partial charge in [0.15, 0.2) is 0 Å². The molecule has 0 radical (unpaired) electrons. The fourth-order valence-electron chi connectivity index (χ4n) is 1.97. The second-order valence-corrected chi connectivity index (χ2v) is 4.25. The molecule has 2 rings (SSSR count). The van der Waals surface area contributed by atoms with Gasteiger partial charge in [0.2, 0.25) is 5.88 Å². The molecule has 0 unspecified atom stereocenters. The van der Waals surface area contributed by atoms with Crippen molar-refractivity contribution < 1.29 is 9.84 Å². The molecule has 0 amide bonds. The van der Waals surface area contributed by atoms with E-state index in [1.54, 1.807) is 6.20 Å². The highest BCUT2D eigenvalue weighted by Crippen LogP contribution is 2.31. The molecule has 1 heterocycles. The summed E-state index contributed by atoms with van der Waals surface area (Å²) < 4.78 is 13.4. The van der Waals surface area contributed by atoms with Gasteiger partial charge in [-0.15, -0.1) is 4.37 Å². The summed E-state index contributed by atoms with van der Waals surface area (Å²) in [7, 11) is 0. The Labute approximate surface area is 87.2 Å². The molecule has 1 fully saturated rings. The first kappa shape index (κ1) is 9.86. The summed E-state index contributed by atoms with van der Waals surface area (Å²) in [5.41, 5.74) is 0. The standard InChI is InChI=1S/C9H14N2O2S/c1-2-6-3-7(4-8(6)12)13-9-5-10-14-11-9/h5-8,12H,2-4H2,1H3/t6-,7+,8-/m0/s1. The minimum absolute atomic E-state index is 0.110. The lowest BCUT2D eigenvalue weighted by Crippen LogP contribution is -2.13. The molecule has 5 heteroatoms. The third kappa shape index (κ3) is 2.04. The Morgan fingerprint density at radius 1 is 1.64 bits per heavy atom. The van der Waals surface area contributed by atoms with Gasteiger partial charge in [-0.05, 0) is 12.3 Å². The largest absolute Gasteiger partial charge is 0.473 e. The Morgan fingerprint density at radius 2 is 2.50 bits per heavy atom. The number of nitrogens with zero attached hydrogens (tertiary/aromatic N) is 2. The zero-order valence-electron chi connectivity index (χ0n) is 8.09. The second kappa shape index (κ2) is 4.23. The van der Waals surface area contributed by atoms with E-state index < -0.39 is 0 Å². The van der Waals surface area contributed by atoms with E-state index in [1.807, 2.05) is 0 Å². The van der Waals surface area contributed by atoms with Crippen molar-refractivity contribution in [3.63, 3.8) is 0 Å². The van der Waals surface area contributed by atoms with Gasteiger partial charge in [0, 0.05) is 6.42 Å². The van der Waals surface area contributed by atoms with Crippen LogP contribution in [0.2, 0.25) is 0 Å². The first-order valence-electron chi connectivity index (χ1n) is 4.92. The molecule has 1 aliphatic rings. The number of hydrogen-bond donors (Lipinski definition) is 1. The lowest BCUT2D eigenvalue weighted by Gasteiger charge is -2.09. The quantitative estimate of drug-likeness (QED) is 0.827. The van der Waals surface area contributed by atoms with Crippen LogP contribution in [0.1, 0.15) is 26.2 Å². The van der Waals surface area contributed by atoms with Gasteiger partial charge in [-0.25, -0.2) is 0 Å². The van der Waals surface area contributed by atoms with E-state index in [4.69, 9.17) is 4.74 Å². The average Bonchev–Trinajstić information content (AvgIpc) is 2.76. The molecule has 0 bridgehead atoms. The SMILES string of the molecule is CC[C@H]1C[C@@H](Oc2cnsn2)C[C@@H]1O. The lowest BCUT2D eigenvalue weighted by atomic mass is 10.0.